The van der Waals surface area contributed by atoms with Crippen LogP contribution in [0.25, 0.3) is 0 Å². The number of hydrogen-bond donors (Lipinski definition) is 0. The maximum absolute atomic E-state index is 3.39. The quantitative estimate of drug-likeness (QED) is 0.506. The van der Waals surface area contributed by atoms with E-state index in [4.69, 9.17) is 0 Å². The number of aryl methyl sites for hydroxylation is 2. The molecule has 0 amide bonds. The number of halogens is 1. The van der Waals surface area contributed by atoms with Crippen LogP contribution in [0.4, 0.5) is 0 Å². The van der Waals surface area contributed by atoms with Crippen LogP contribution in [0, 0.1) is 6.92 Å². The van der Waals surface area contributed by atoms with Gasteiger partial charge in [0, 0.05) is 11.6 Å². The lowest BCUT2D eigenvalue weighted by Crippen LogP contribution is -2.33. The molecule has 1 nitrogen and oxygen atoms in total. The molecule has 0 radical (unpaired) electrons. The first-order valence-corrected chi connectivity index (χ1v) is 4.47. The van der Waals surface area contributed by atoms with E-state index in [1.54, 1.807) is 0 Å². The second kappa shape index (κ2) is 3.71. The summed E-state index contributed by atoms with van der Waals surface area (Å²) in [5, 5.41) is 1.02. The summed E-state index contributed by atoms with van der Waals surface area (Å²) >= 11 is 3.39. The molecule has 1 aromatic heterocycles. The molecule has 0 aliphatic carbocycles. The first kappa shape index (κ1) is 7.73. The third-order valence-corrected chi connectivity index (χ3v) is 1.70. The molecule has 1 aromatic rings. The zero-order chi connectivity index (χ0) is 7.40. The van der Waals surface area contributed by atoms with Crippen LogP contribution in [0.3, 0.4) is 0 Å². The van der Waals surface area contributed by atoms with Crippen molar-refractivity contribution in [2.24, 2.45) is 0 Å². The van der Waals surface area contributed by atoms with Gasteiger partial charge in [-0.05, 0) is 13.0 Å². The van der Waals surface area contributed by atoms with Crippen LogP contribution >= 0.6 is 15.9 Å². The smallest absolute Gasteiger partial charge is 0.171 e. The molecule has 54 valence electrons. The molecular formula is C8H11BrN+. The Bertz CT molecular complexity index is 210. The van der Waals surface area contributed by atoms with Crippen molar-refractivity contribution in [1.82, 2.24) is 0 Å². The number of alkyl halides is 1. The third kappa shape index (κ3) is 2.10. The topological polar surface area (TPSA) is 3.88 Å². The molecule has 0 saturated heterocycles. The standard InChI is InChI=1S/C8H11BrN/c1-8-3-2-5-10(7-8)6-4-9/h2-3,5,7H,4,6H2,1H3/q+1. The van der Waals surface area contributed by atoms with E-state index in [1.165, 1.54) is 5.56 Å². The molecular weight excluding hydrogens is 190 g/mol. The molecule has 0 fully saturated rings. The molecule has 0 bridgehead atoms. The summed E-state index contributed by atoms with van der Waals surface area (Å²) in [5.74, 6) is 0. The number of hydrogen-bond acceptors (Lipinski definition) is 0. The van der Waals surface area contributed by atoms with Crippen LogP contribution in [-0.2, 0) is 6.54 Å². The van der Waals surface area contributed by atoms with E-state index in [2.05, 4.69) is 51.9 Å². The lowest BCUT2D eigenvalue weighted by Gasteiger charge is -1.92. The van der Waals surface area contributed by atoms with E-state index >= 15 is 0 Å². The zero-order valence-electron chi connectivity index (χ0n) is 6.05. The molecule has 0 aromatic carbocycles. The highest BCUT2D eigenvalue weighted by Gasteiger charge is 1.95. The number of nitrogens with zero attached hydrogens (tertiary/aromatic N) is 1. The lowest BCUT2D eigenvalue weighted by molar-refractivity contribution is -0.692. The van der Waals surface area contributed by atoms with E-state index < -0.39 is 0 Å². The summed E-state index contributed by atoms with van der Waals surface area (Å²) in [5.41, 5.74) is 1.31. The Morgan fingerprint density at radius 1 is 1.60 bits per heavy atom. The van der Waals surface area contributed by atoms with E-state index in [-0.39, 0.29) is 0 Å². The van der Waals surface area contributed by atoms with Gasteiger partial charge in [0.1, 0.15) is 0 Å². The summed E-state index contributed by atoms with van der Waals surface area (Å²) in [6, 6.07) is 4.17. The van der Waals surface area contributed by atoms with Crippen molar-refractivity contribution in [1.29, 1.82) is 0 Å². The SMILES string of the molecule is Cc1ccc[n+](CCBr)c1. The van der Waals surface area contributed by atoms with Gasteiger partial charge in [0.15, 0.2) is 18.9 Å². The molecule has 0 aliphatic heterocycles. The predicted octanol–water partition coefficient (Wildman–Crippen LogP) is 1.68. The fourth-order valence-electron chi connectivity index (χ4n) is 0.890. The van der Waals surface area contributed by atoms with E-state index in [0.717, 1.165) is 11.9 Å². The van der Waals surface area contributed by atoms with Crippen LogP contribution < -0.4 is 4.57 Å². The van der Waals surface area contributed by atoms with Gasteiger partial charge in [0.2, 0.25) is 0 Å². The van der Waals surface area contributed by atoms with Crippen molar-refractivity contribution in [3.05, 3.63) is 30.1 Å². The molecule has 0 N–H and O–H groups in total. The molecule has 0 saturated carbocycles. The first-order valence-electron chi connectivity index (χ1n) is 3.34. The fourth-order valence-corrected chi connectivity index (χ4v) is 1.30. The Balaban J connectivity index is 2.75. The van der Waals surface area contributed by atoms with Crippen molar-refractivity contribution < 1.29 is 4.57 Å². The fraction of sp³-hybridized carbons (Fsp3) is 0.375. The van der Waals surface area contributed by atoms with Gasteiger partial charge in [-0.2, -0.15) is 0 Å². The van der Waals surface area contributed by atoms with Crippen molar-refractivity contribution in [3.8, 4) is 0 Å². The predicted molar refractivity (Wildman–Crippen MR) is 45.2 cm³/mol. The highest BCUT2D eigenvalue weighted by atomic mass is 79.9. The molecule has 0 atom stereocenters. The Morgan fingerprint density at radius 3 is 3.00 bits per heavy atom. The van der Waals surface area contributed by atoms with Gasteiger partial charge >= 0.3 is 0 Å². The monoisotopic (exact) mass is 200 g/mol. The van der Waals surface area contributed by atoms with Crippen LogP contribution in [0.15, 0.2) is 24.5 Å². The normalized spacial score (nSPS) is 9.80. The number of aromatic nitrogens is 1. The van der Waals surface area contributed by atoms with Crippen molar-refractivity contribution in [3.63, 3.8) is 0 Å². The molecule has 1 heterocycles. The van der Waals surface area contributed by atoms with E-state index in [9.17, 15) is 0 Å². The van der Waals surface area contributed by atoms with Gasteiger partial charge in [-0.15, -0.1) is 0 Å². The highest BCUT2D eigenvalue weighted by molar-refractivity contribution is 9.09. The van der Waals surface area contributed by atoms with Crippen LogP contribution in [0.2, 0.25) is 0 Å². The Kier molecular flexibility index (Phi) is 2.87. The van der Waals surface area contributed by atoms with E-state index in [0.29, 0.717) is 0 Å². The Morgan fingerprint density at radius 2 is 2.40 bits per heavy atom. The Hall–Kier alpha value is -0.370. The van der Waals surface area contributed by atoms with Crippen molar-refractivity contribution in [2.45, 2.75) is 13.5 Å². The number of pyridine rings is 1. The molecule has 1 rings (SSSR count). The van der Waals surface area contributed by atoms with E-state index in [1.807, 2.05) is 0 Å². The second-order valence-corrected chi connectivity index (χ2v) is 3.10. The summed E-state index contributed by atoms with van der Waals surface area (Å²) < 4.78 is 2.17. The summed E-state index contributed by atoms with van der Waals surface area (Å²) in [6.45, 7) is 3.15. The van der Waals surface area contributed by atoms with Gasteiger partial charge in [-0.3, -0.25) is 0 Å². The zero-order valence-corrected chi connectivity index (χ0v) is 7.63. The maximum atomic E-state index is 3.39. The summed E-state index contributed by atoms with van der Waals surface area (Å²) in [7, 11) is 0. The van der Waals surface area contributed by atoms with Crippen LogP contribution in [0.5, 0.6) is 0 Å². The molecule has 0 aliphatic rings. The van der Waals surface area contributed by atoms with Gasteiger partial charge in [0.05, 0.1) is 5.33 Å². The largest absolute Gasteiger partial charge is 0.204 e. The number of rotatable bonds is 2. The minimum absolute atomic E-state index is 1.02. The third-order valence-electron chi connectivity index (χ3n) is 1.35. The van der Waals surface area contributed by atoms with Gasteiger partial charge < -0.3 is 0 Å². The first-order chi connectivity index (χ1) is 4.83. The minimum atomic E-state index is 1.02. The maximum Gasteiger partial charge on any atom is 0.171 e. The molecule has 0 unspecified atom stereocenters. The summed E-state index contributed by atoms with van der Waals surface area (Å²) in [6.07, 6.45) is 4.22. The summed E-state index contributed by atoms with van der Waals surface area (Å²) in [4.78, 5) is 0. The van der Waals surface area contributed by atoms with Gasteiger partial charge in [-0.1, -0.05) is 15.9 Å². The van der Waals surface area contributed by atoms with Crippen molar-refractivity contribution >= 4 is 15.9 Å². The van der Waals surface area contributed by atoms with Gasteiger partial charge in [-0.25, -0.2) is 4.57 Å². The lowest BCUT2D eigenvalue weighted by atomic mass is 10.3. The average Bonchev–Trinajstić information content (AvgIpc) is 1.88. The molecule has 0 spiro atoms. The molecule has 2 heteroatoms. The van der Waals surface area contributed by atoms with Gasteiger partial charge in [0.25, 0.3) is 0 Å². The molecule has 10 heavy (non-hydrogen) atoms. The minimum Gasteiger partial charge on any atom is -0.204 e. The van der Waals surface area contributed by atoms with Crippen LogP contribution in [-0.4, -0.2) is 5.33 Å². The highest BCUT2D eigenvalue weighted by Crippen LogP contribution is 1.89. The van der Waals surface area contributed by atoms with Crippen LogP contribution in [0.1, 0.15) is 5.56 Å². The Labute approximate surface area is 69.8 Å². The van der Waals surface area contributed by atoms with Crippen molar-refractivity contribution in [2.75, 3.05) is 5.33 Å². The second-order valence-electron chi connectivity index (χ2n) is 2.31. The average molecular weight is 201 g/mol.